The molecular formula is C23H31N9O2. The minimum atomic E-state index is -0.378. The number of carbonyl (C=O) groups excluding carboxylic acids is 1. The van der Waals surface area contributed by atoms with E-state index in [0.717, 1.165) is 61.7 Å². The van der Waals surface area contributed by atoms with Gasteiger partial charge in [0.15, 0.2) is 11.5 Å². The van der Waals surface area contributed by atoms with Gasteiger partial charge in [0, 0.05) is 43.6 Å². The average molecular weight is 466 g/mol. The molecule has 0 atom stereocenters. The summed E-state index contributed by atoms with van der Waals surface area (Å²) in [7, 11) is 0. The predicted octanol–water partition coefficient (Wildman–Crippen LogP) is 2.47. The minimum absolute atomic E-state index is 0.213. The quantitative estimate of drug-likeness (QED) is 0.263. The van der Waals surface area contributed by atoms with Gasteiger partial charge in [-0.25, -0.2) is 10.5 Å². The normalized spacial score (nSPS) is 17.6. The maximum atomic E-state index is 11.4. The standard InChI is InChI=1S/C23H31N9O2/c33-19(30-34)14-31-10-12-32(13-11-31)18-8-6-17(7-9-18)27-23-28-21-20(24-15-25-21)22(29-23)26-16-4-2-1-3-5-16/h6-9,15-16,34H,1-5,10-14H2,(H,30,33)(H3,24,25,26,27,28,29). The Hall–Kier alpha value is -3.44. The van der Waals surface area contributed by atoms with Crippen molar-refractivity contribution >= 4 is 40.2 Å². The second-order valence-electron chi connectivity index (χ2n) is 8.95. The lowest BCUT2D eigenvalue weighted by molar-refractivity contribution is -0.130. The van der Waals surface area contributed by atoms with Crippen molar-refractivity contribution in [2.45, 2.75) is 38.1 Å². The van der Waals surface area contributed by atoms with Crippen molar-refractivity contribution in [3.05, 3.63) is 30.6 Å². The van der Waals surface area contributed by atoms with Crippen molar-refractivity contribution in [2.75, 3.05) is 48.3 Å². The first-order valence-electron chi connectivity index (χ1n) is 11.9. The van der Waals surface area contributed by atoms with E-state index in [1.54, 1.807) is 11.8 Å². The van der Waals surface area contributed by atoms with E-state index in [0.29, 0.717) is 17.6 Å². The smallest absolute Gasteiger partial charge is 0.257 e. The van der Waals surface area contributed by atoms with Crippen LogP contribution in [0.1, 0.15) is 32.1 Å². The molecule has 1 aromatic carbocycles. The lowest BCUT2D eigenvalue weighted by Gasteiger charge is -2.35. The first-order chi connectivity index (χ1) is 16.7. The number of hydroxylamine groups is 1. The molecule has 2 fully saturated rings. The van der Waals surface area contributed by atoms with Crippen molar-refractivity contribution in [3.8, 4) is 0 Å². The summed E-state index contributed by atoms with van der Waals surface area (Å²) >= 11 is 0. The number of nitrogens with zero attached hydrogens (tertiary/aromatic N) is 5. The number of fused-ring (bicyclic) bond motifs is 1. The molecular weight excluding hydrogens is 434 g/mol. The minimum Gasteiger partial charge on any atom is -0.369 e. The molecule has 180 valence electrons. The molecule has 34 heavy (non-hydrogen) atoms. The molecule has 11 heteroatoms. The number of benzene rings is 1. The number of hydrogen-bond acceptors (Lipinski definition) is 9. The van der Waals surface area contributed by atoms with Crippen molar-refractivity contribution in [1.29, 1.82) is 0 Å². The Labute approximate surface area is 197 Å². The van der Waals surface area contributed by atoms with Gasteiger partial charge in [0.1, 0.15) is 5.52 Å². The van der Waals surface area contributed by atoms with Gasteiger partial charge in [-0.15, -0.1) is 0 Å². The van der Waals surface area contributed by atoms with Crippen molar-refractivity contribution in [2.24, 2.45) is 0 Å². The Kier molecular flexibility index (Phi) is 6.72. The zero-order chi connectivity index (χ0) is 23.3. The third-order valence-electron chi connectivity index (χ3n) is 6.58. The summed E-state index contributed by atoms with van der Waals surface area (Å²) in [4.78, 5) is 32.5. The van der Waals surface area contributed by atoms with E-state index in [1.165, 1.54) is 19.3 Å². The number of carbonyl (C=O) groups is 1. The highest BCUT2D eigenvalue weighted by Gasteiger charge is 2.20. The van der Waals surface area contributed by atoms with Crippen LogP contribution in [0.2, 0.25) is 0 Å². The molecule has 1 aliphatic heterocycles. The number of aromatic amines is 1. The van der Waals surface area contributed by atoms with Crippen LogP contribution in [0.25, 0.3) is 11.2 Å². The Morgan fingerprint density at radius 1 is 1.06 bits per heavy atom. The number of anilines is 4. The maximum Gasteiger partial charge on any atom is 0.257 e. The van der Waals surface area contributed by atoms with Crippen LogP contribution in [-0.2, 0) is 4.79 Å². The summed E-state index contributed by atoms with van der Waals surface area (Å²) in [5, 5.41) is 15.6. The van der Waals surface area contributed by atoms with Gasteiger partial charge in [-0.1, -0.05) is 19.3 Å². The van der Waals surface area contributed by atoms with E-state index in [2.05, 4.69) is 42.6 Å². The van der Waals surface area contributed by atoms with Crippen LogP contribution in [0.3, 0.4) is 0 Å². The fourth-order valence-electron chi connectivity index (χ4n) is 4.72. The molecule has 3 aromatic rings. The summed E-state index contributed by atoms with van der Waals surface area (Å²) in [5.41, 5.74) is 5.19. The van der Waals surface area contributed by atoms with E-state index in [9.17, 15) is 4.79 Å². The molecule has 2 aromatic heterocycles. The molecule has 1 aliphatic carbocycles. The summed E-state index contributed by atoms with van der Waals surface area (Å²) in [6, 6.07) is 8.63. The number of H-pyrrole nitrogens is 1. The summed E-state index contributed by atoms with van der Waals surface area (Å²) in [5.74, 6) is 0.930. The van der Waals surface area contributed by atoms with Gasteiger partial charge in [0.05, 0.1) is 12.9 Å². The zero-order valence-electron chi connectivity index (χ0n) is 19.1. The third-order valence-corrected chi connectivity index (χ3v) is 6.58. The third kappa shape index (κ3) is 5.20. The van der Waals surface area contributed by atoms with Crippen LogP contribution >= 0.6 is 0 Å². The molecule has 11 nitrogen and oxygen atoms in total. The van der Waals surface area contributed by atoms with E-state index in [4.69, 9.17) is 10.2 Å². The topological polar surface area (TPSA) is 134 Å². The maximum absolute atomic E-state index is 11.4. The molecule has 2 aliphatic rings. The van der Waals surface area contributed by atoms with Gasteiger partial charge in [-0.05, 0) is 37.1 Å². The highest BCUT2D eigenvalue weighted by Crippen LogP contribution is 2.26. The Morgan fingerprint density at radius 2 is 1.82 bits per heavy atom. The molecule has 1 saturated heterocycles. The van der Waals surface area contributed by atoms with E-state index in [-0.39, 0.29) is 12.5 Å². The van der Waals surface area contributed by atoms with Crippen molar-refractivity contribution in [1.82, 2.24) is 30.3 Å². The van der Waals surface area contributed by atoms with Gasteiger partial charge in [-0.3, -0.25) is 14.9 Å². The number of imidazole rings is 1. The molecule has 0 radical (unpaired) electrons. The second kappa shape index (κ2) is 10.2. The number of rotatable bonds is 7. The Bertz CT molecular complexity index is 1100. The van der Waals surface area contributed by atoms with Gasteiger partial charge >= 0.3 is 0 Å². The van der Waals surface area contributed by atoms with Crippen LogP contribution < -0.4 is 21.0 Å². The lowest BCUT2D eigenvalue weighted by atomic mass is 9.95. The molecule has 1 amide bonds. The average Bonchev–Trinajstić information content (AvgIpc) is 3.35. The fourth-order valence-corrected chi connectivity index (χ4v) is 4.72. The van der Waals surface area contributed by atoms with Gasteiger partial charge in [-0.2, -0.15) is 9.97 Å². The monoisotopic (exact) mass is 465 g/mol. The van der Waals surface area contributed by atoms with E-state index < -0.39 is 0 Å². The fraction of sp³-hybridized carbons (Fsp3) is 0.478. The summed E-state index contributed by atoms with van der Waals surface area (Å²) < 4.78 is 0. The predicted molar refractivity (Wildman–Crippen MR) is 130 cm³/mol. The summed E-state index contributed by atoms with van der Waals surface area (Å²) in [6.45, 7) is 3.38. The van der Waals surface area contributed by atoms with Crippen LogP contribution in [0.4, 0.5) is 23.1 Å². The van der Waals surface area contributed by atoms with Crippen LogP contribution in [-0.4, -0.2) is 74.7 Å². The number of aromatic nitrogens is 4. The first kappa shape index (κ1) is 22.4. The largest absolute Gasteiger partial charge is 0.369 e. The Morgan fingerprint density at radius 3 is 2.56 bits per heavy atom. The van der Waals surface area contributed by atoms with Crippen LogP contribution in [0.15, 0.2) is 30.6 Å². The van der Waals surface area contributed by atoms with Crippen LogP contribution in [0, 0.1) is 0 Å². The highest BCUT2D eigenvalue weighted by atomic mass is 16.5. The number of amides is 1. The Balaban J connectivity index is 1.23. The van der Waals surface area contributed by atoms with Gasteiger partial charge in [0.25, 0.3) is 5.91 Å². The number of piperazine rings is 1. The molecule has 0 bridgehead atoms. The SMILES string of the molecule is O=C(CN1CCN(c2ccc(Nc3nc(NC4CCCCC4)c4[nH]cnc4n3)cc2)CC1)NO. The molecule has 5 rings (SSSR count). The molecule has 0 spiro atoms. The second-order valence-corrected chi connectivity index (χ2v) is 8.95. The van der Waals surface area contributed by atoms with E-state index >= 15 is 0 Å². The van der Waals surface area contributed by atoms with Crippen molar-refractivity contribution in [3.63, 3.8) is 0 Å². The molecule has 1 saturated carbocycles. The van der Waals surface area contributed by atoms with E-state index in [1.807, 2.05) is 17.0 Å². The van der Waals surface area contributed by atoms with Gasteiger partial charge < -0.3 is 20.5 Å². The molecule has 5 N–H and O–H groups in total. The van der Waals surface area contributed by atoms with Gasteiger partial charge in [0.2, 0.25) is 5.95 Å². The lowest BCUT2D eigenvalue weighted by Crippen LogP contribution is -2.49. The number of nitrogens with one attached hydrogen (secondary N) is 4. The molecule has 3 heterocycles. The zero-order valence-corrected chi connectivity index (χ0v) is 19.1. The first-order valence-corrected chi connectivity index (χ1v) is 11.9. The summed E-state index contributed by atoms with van der Waals surface area (Å²) in [6.07, 6.45) is 7.78. The van der Waals surface area contributed by atoms with Crippen LogP contribution in [0.5, 0.6) is 0 Å². The van der Waals surface area contributed by atoms with Crippen molar-refractivity contribution < 1.29 is 10.0 Å². The molecule has 0 unspecified atom stereocenters. The highest BCUT2D eigenvalue weighted by molar-refractivity contribution is 5.84. The number of hydrogen-bond donors (Lipinski definition) is 5.